The minimum absolute atomic E-state index is 0.0671. The number of ether oxygens (including phenoxy) is 2. The molecule has 0 aliphatic heterocycles. The molecule has 3 aromatic carbocycles. The molecule has 3 aromatic rings. The lowest BCUT2D eigenvalue weighted by atomic mass is 9.90. The highest BCUT2D eigenvalue weighted by molar-refractivity contribution is 5.57. The molecule has 3 heteroatoms. The van der Waals surface area contributed by atoms with E-state index in [-0.39, 0.29) is 11.7 Å². The standard InChI is InChI=1S/C23H20O3/c1-3-20(18-12-8-5-9-13-18)23-21(25-2)14-19(24)15-22(23)26-16-17-10-6-4-7-11-17/h1,4-15,20,24H,16H2,2H3. The second-order valence-electron chi connectivity index (χ2n) is 5.84. The number of rotatable bonds is 6. The van der Waals surface area contributed by atoms with Crippen LogP contribution >= 0.6 is 0 Å². The van der Waals surface area contributed by atoms with Gasteiger partial charge in [0.2, 0.25) is 0 Å². The topological polar surface area (TPSA) is 38.7 Å². The van der Waals surface area contributed by atoms with Crippen LogP contribution in [0.15, 0.2) is 72.8 Å². The van der Waals surface area contributed by atoms with Crippen LogP contribution < -0.4 is 9.47 Å². The summed E-state index contributed by atoms with van der Waals surface area (Å²) in [6.45, 7) is 0.368. The van der Waals surface area contributed by atoms with E-state index in [2.05, 4.69) is 5.92 Å². The summed E-state index contributed by atoms with van der Waals surface area (Å²) in [4.78, 5) is 0. The van der Waals surface area contributed by atoms with Crippen molar-refractivity contribution in [3.63, 3.8) is 0 Å². The first-order valence-electron chi connectivity index (χ1n) is 8.31. The minimum atomic E-state index is -0.350. The van der Waals surface area contributed by atoms with Crippen molar-refractivity contribution in [2.24, 2.45) is 0 Å². The molecule has 0 saturated heterocycles. The van der Waals surface area contributed by atoms with Gasteiger partial charge in [-0.05, 0) is 11.1 Å². The Morgan fingerprint density at radius 3 is 2.19 bits per heavy atom. The van der Waals surface area contributed by atoms with Crippen LogP contribution in [-0.4, -0.2) is 12.2 Å². The van der Waals surface area contributed by atoms with Gasteiger partial charge >= 0.3 is 0 Å². The fourth-order valence-corrected chi connectivity index (χ4v) is 2.89. The maximum Gasteiger partial charge on any atom is 0.132 e. The van der Waals surface area contributed by atoms with Gasteiger partial charge in [-0.3, -0.25) is 0 Å². The van der Waals surface area contributed by atoms with Crippen molar-refractivity contribution in [3.8, 4) is 29.6 Å². The van der Waals surface area contributed by atoms with E-state index in [0.29, 0.717) is 18.1 Å². The summed E-state index contributed by atoms with van der Waals surface area (Å²) in [6, 6.07) is 22.7. The number of phenolic OH excluding ortho intramolecular Hbond substituents is 1. The Bertz CT molecular complexity index is 896. The average molecular weight is 344 g/mol. The SMILES string of the molecule is C#CC(c1ccccc1)c1c(OC)cc(O)cc1OCc1ccccc1. The van der Waals surface area contributed by atoms with Crippen LogP contribution in [0.25, 0.3) is 0 Å². The van der Waals surface area contributed by atoms with Crippen molar-refractivity contribution in [1.29, 1.82) is 0 Å². The monoisotopic (exact) mass is 344 g/mol. The Kier molecular flexibility index (Phi) is 5.46. The van der Waals surface area contributed by atoms with E-state index < -0.39 is 0 Å². The molecule has 0 bridgehead atoms. The second kappa shape index (κ2) is 8.13. The van der Waals surface area contributed by atoms with E-state index in [1.807, 2.05) is 60.7 Å². The minimum Gasteiger partial charge on any atom is -0.508 e. The Hall–Kier alpha value is -3.38. The van der Waals surface area contributed by atoms with E-state index in [9.17, 15) is 5.11 Å². The lowest BCUT2D eigenvalue weighted by Gasteiger charge is -2.20. The molecular weight excluding hydrogens is 324 g/mol. The molecule has 1 N–H and O–H groups in total. The van der Waals surface area contributed by atoms with Crippen LogP contribution in [0.2, 0.25) is 0 Å². The van der Waals surface area contributed by atoms with Crippen molar-refractivity contribution >= 4 is 0 Å². The highest BCUT2D eigenvalue weighted by Crippen LogP contribution is 2.41. The molecule has 0 radical (unpaired) electrons. The van der Waals surface area contributed by atoms with Crippen molar-refractivity contribution < 1.29 is 14.6 Å². The van der Waals surface area contributed by atoms with Gasteiger partial charge in [-0.25, -0.2) is 0 Å². The molecule has 0 heterocycles. The van der Waals surface area contributed by atoms with Crippen LogP contribution in [0.5, 0.6) is 17.2 Å². The summed E-state index contributed by atoms with van der Waals surface area (Å²) in [6.07, 6.45) is 5.85. The van der Waals surface area contributed by atoms with E-state index >= 15 is 0 Å². The van der Waals surface area contributed by atoms with Crippen LogP contribution in [0.3, 0.4) is 0 Å². The third-order valence-corrected chi connectivity index (χ3v) is 4.13. The summed E-state index contributed by atoms with van der Waals surface area (Å²) in [5, 5.41) is 10.1. The maximum atomic E-state index is 10.1. The molecular formula is C23H20O3. The number of hydrogen-bond donors (Lipinski definition) is 1. The summed E-state index contributed by atoms with van der Waals surface area (Å²) in [7, 11) is 1.55. The van der Waals surface area contributed by atoms with Crippen LogP contribution in [0, 0.1) is 12.3 Å². The van der Waals surface area contributed by atoms with Gasteiger partial charge in [0, 0.05) is 12.1 Å². The Morgan fingerprint density at radius 2 is 1.58 bits per heavy atom. The third-order valence-electron chi connectivity index (χ3n) is 4.13. The van der Waals surface area contributed by atoms with Gasteiger partial charge in [-0.15, -0.1) is 6.42 Å². The van der Waals surface area contributed by atoms with E-state index in [1.54, 1.807) is 19.2 Å². The third kappa shape index (κ3) is 3.81. The van der Waals surface area contributed by atoms with Crippen LogP contribution in [0.4, 0.5) is 0 Å². The number of aromatic hydroxyl groups is 1. The van der Waals surface area contributed by atoms with Crippen molar-refractivity contribution in [2.45, 2.75) is 12.5 Å². The fraction of sp³-hybridized carbons (Fsp3) is 0.130. The molecule has 0 aliphatic carbocycles. The van der Waals surface area contributed by atoms with Crippen LogP contribution in [0.1, 0.15) is 22.6 Å². The number of terminal acetylenes is 1. The Labute approximate surface area is 153 Å². The summed E-state index contributed by atoms with van der Waals surface area (Å²) < 4.78 is 11.5. The molecule has 0 fully saturated rings. The van der Waals surface area contributed by atoms with Gasteiger partial charge in [-0.1, -0.05) is 66.6 Å². The summed E-state index contributed by atoms with van der Waals surface area (Å²) in [5.41, 5.74) is 2.72. The predicted octanol–water partition coefficient (Wildman–Crippen LogP) is 4.74. The lowest BCUT2D eigenvalue weighted by molar-refractivity contribution is 0.297. The molecule has 0 spiro atoms. The van der Waals surface area contributed by atoms with E-state index in [1.165, 1.54) is 0 Å². The molecule has 0 saturated carbocycles. The summed E-state index contributed by atoms with van der Waals surface area (Å²) in [5.74, 6) is 3.55. The number of phenols is 1. The van der Waals surface area contributed by atoms with Gasteiger partial charge in [0.1, 0.15) is 23.9 Å². The maximum absolute atomic E-state index is 10.1. The number of methoxy groups -OCH3 is 1. The zero-order valence-corrected chi connectivity index (χ0v) is 14.6. The molecule has 0 aliphatic rings. The average Bonchev–Trinajstić information content (AvgIpc) is 2.69. The second-order valence-corrected chi connectivity index (χ2v) is 5.84. The molecule has 130 valence electrons. The van der Waals surface area contributed by atoms with Crippen molar-refractivity contribution in [2.75, 3.05) is 7.11 Å². The summed E-state index contributed by atoms with van der Waals surface area (Å²) >= 11 is 0. The highest BCUT2D eigenvalue weighted by Gasteiger charge is 2.22. The smallest absolute Gasteiger partial charge is 0.132 e. The van der Waals surface area contributed by atoms with Gasteiger partial charge in [0.05, 0.1) is 18.6 Å². The molecule has 26 heavy (non-hydrogen) atoms. The van der Waals surface area contributed by atoms with E-state index in [4.69, 9.17) is 15.9 Å². The van der Waals surface area contributed by atoms with Gasteiger partial charge < -0.3 is 14.6 Å². The number of benzene rings is 3. The highest BCUT2D eigenvalue weighted by atomic mass is 16.5. The quantitative estimate of drug-likeness (QED) is 0.656. The van der Waals surface area contributed by atoms with Crippen molar-refractivity contribution in [3.05, 3.63) is 89.5 Å². The zero-order valence-electron chi connectivity index (χ0n) is 14.6. The number of hydrogen-bond acceptors (Lipinski definition) is 3. The molecule has 3 nitrogen and oxygen atoms in total. The predicted molar refractivity (Wildman–Crippen MR) is 103 cm³/mol. The Morgan fingerprint density at radius 1 is 0.962 bits per heavy atom. The van der Waals surface area contributed by atoms with E-state index in [0.717, 1.165) is 16.7 Å². The molecule has 0 amide bonds. The molecule has 1 unspecified atom stereocenters. The van der Waals surface area contributed by atoms with Gasteiger partial charge in [-0.2, -0.15) is 0 Å². The van der Waals surface area contributed by atoms with Crippen molar-refractivity contribution in [1.82, 2.24) is 0 Å². The van der Waals surface area contributed by atoms with Gasteiger partial charge in [0.15, 0.2) is 0 Å². The van der Waals surface area contributed by atoms with Crippen LogP contribution in [-0.2, 0) is 6.61 Å². The Balaban J connectivity index is 2.03. The first-order chi connectivity index (χ1) is 12.7. The van der Waals surface area contributed by atoms with Gasteiger partial charge in [0.25, 0.3) is 0 Å². The first-order valence-corrected chi connectivity index (χ1v) is 8.31. The lowest BCUT2D eigenvalue weighted by Crippen LogP contribution is -2.06. The molecule has 1 atom stereocenters. The molecule has 3 rings (SSSR count). The fourth-order valence-electron chi connectivity index (χ4n) is 2.89. The zero-order chi connectivity index (χ0) is 18.4. The normalized spacial score (nSPS) is 11.4. The molecule has 0 aromatic heterocycles. The first kappa shape index (κ1) is 17.4. The largest absolute Gasteiger partial charge is 0.508 e.